The monoisotopic (exact) mass is 346 g/mol. The fourth-order valence-electron chi connectivity index (χ4n) is 2.63. The van der Waals surface area contributed by atoms with Gasteiger partial charge in [-0.1, -0.05) is 12.1 Å². The fourth-order valence-corrected chi connectivity index (χ4v) is 2.63. The Labute approximate surface area is 138 Å². The first-order valence-corrected chi connectivity index (χ1v) is 7.66. The number of nitrogens with zero attached hydrogens (tertiary/aromatic N) is 1. The van der Waals surface area contributed by atoms with Crippen LogP contribution in [0.3, 0.4) is 0 Å². The number of halogens is 3. The van der Waals surface area contributed by atoms with Crippen LogP contribution >= 0.6 is 0 Å². The molecule has 1 amide bonds. The summed E-state index contributed by atoms with van der Waals surface area (Å²) in [5.74, 6) is -0.261. The van der Waals surface area contributed by atoms with Gasteiger partial charge in [0, 0.05) is 26.7 Å². The van der Waals surface area contributed by atoms with E-state index >= 15 is 0 Å². The molecule has 1 atom stereocenters. The van der Waals surface area contributed by atoms with Crippen molar-refractivity contribution in [3.05, 3.63) is 35.4 Å². The first kappa shape index (κ1) is 18.7. The number of morpholine rings is 1. The van der Waals surface area contributed by atoms with Crippen LogP contribution in [-0.4, -0.2) is 57.4 Å². The van der Waals surface area contributed by atoms with Gasteiger partial charge in [0.25, 0.3) is 0 Å². The van der Waals surface area contributed by atoms with Crippen molar-refractivity contribution in [1.29, 1.82) is 0 Å². The molecular weight excluding hydrogens is 325 g/mol. The highest BCUT2D eigenvalue weighted by molar-refractivity contribution is 5.77. The van der Waals surface area contributed by atoms with Crippen molar-refractivity contribution in [3.8, 4) is 0 Å². The Morgan fingerprint density at radius 3 is 2.46 bits per heavy atom. The van der Waals surface area contributed by atoms with Crippen molar-refractivity contribution in [2.75, 3.05) is 46.6 Å². The molecule has 1 saturated heterocycles. The van der Waals surface area contributed by atoms with Gasteiger partial charge in [0.15, 0.2) is 0 Å². The lowest BCUT2D eigenvalue weighted by molar-refractivity contribution is -0.137. The SMILES string of the molecule is COCC(=O)NC[C@@H](c1ccc(C(F)(F)F)cc1)N1CCOCC1. The van der Waals surface area contributed by atoms with Crippen molar-refractivity contribution >= 4 is 5.91 Å². The van der Waals surface area contributed by atoms with Gasteiger partial charge in [-0.2, -0.15) is 13.2 Å². The average Bonchev–Trinajstić information content (AvgIpc) is 2.56. The van der Waals surface area contributed by atoms with Gasteiger partial charge in [-0.3, -0.25) is 9.69 Å². The third-order valence-corrected chi connectivity index (χ3v) is 3.88. The van der Waals surface area contributed by atoms with Crippen LogP contribution in [0.15, 0.2) is 24.3 Å². The number of ether oxygens (including phenoxy) is 2. The van der Waals surface area contributed by atoms with Crippen molar-refractivity contribution < 1.29 is 27.4 Å². The topological polar surface area (TPSA) is 50.8 Å². The molecule has 1 aromatic rings. The predicted molar refractivity (Wildman–Crippen MR) is 81.5 cm³/mol. The molecule has 24 heavy (non-hydrogen) atoms. The third-order valence-electron chi connectivity index (χ3n) is 3.88. The van der Waals surface area contributed by atoms with E-state index < -0.39 is 11.7 Å². The van der Waals surface area contributed by atoms with Gasteiger partial charge in [-0.15, -0.1) is 0 Å². The number of hydrogen-bond donors (Lipinski definition) is 1. The molecule has 1 heterocycles. The minimum atomic E-state index is -4.36. The highest BCUT2D eigenvalue weighted by Crippen LogP contribution is 2.31. The van der Waals surface area contributed by atoms with E-state index in [1.54, 1.807) is 0 Å². The number of benzene rings is 1. The molecule has 8 heteroatoms. The normalized spacial score (nSPS) is 17.5. The molecule has 1 aromatic carbocycles. The number of alkyl halides is 3. The van der Waals surface area contributed by atoms with Gasteiger partial charge in [0.05, 0.1) is 24.8 Å². The molecule has 0 radical (unpaired) electrons. The van der Waals surface area contributed by atoms with Crippen LogP contribution in [0, 0.1) is 0 Å². The molecular formula is C16H21F3N2O3. The number of rotatable bonds is 6. The summed E-state index contributed by atoms with van der Waals surface area (Å²) in [4.78, 5) is 13.7. The van der Waals surface area contributed by atoms with E-state index in [1.807, 2.05) is 0 Å². The van der Waals surface area contributed by atoms with Gasteiger partial charge in [0.2, 0.25) is 5.91 Å². The fraction of sp³-hybridized carbons (Fsp3) is 0.562. The molecule has 1 aliphatic heterocycles. The first-order valence-electron chi connectivity index (χ1n) is 7.66. The molecule has 134 valence electrons. The van der Waals surface area contributed by atoms with E-state index in [9.17, 15) is 18.0 Å². The molecule has 2 rings (SSSR count). The lowest BCUT2D eigenvalue weighted by Gasteiger charge is -2.35. The molecule has 0 saturated carbocycles. The minimum Gasteiger partial charge on any atom is -0.379 e. The van der Waals surface area contributed by atoms with Crippen molar-refractivity contribution in [2.24, 2.45) is 0 Å². The largest absolute Gasteiger partial charge is 0.416 e. The molecule has 5 nitrogen and oxygen atoms in total. The van der Waals surface area contributed by atoms with Crippen molar-refractivity contribution in [1.82, 2.24) is 10.2 Å². The summed E-state index contributed by atoms with van der Waals surface area (Å²) in [6.45, 7) is 2.68. The number of amides is 1. The summed E-state index contributed by atoms with van der Waals surface area (Å²) in [7, 11) is 1.43. The predicted octanol–water partition coefficient (Wildman–Crippen LogP) is 1.84. The molecule has 0 aromatic heterocycles. The quantitative estimate of drug-likeness (QED) is 0.854. The summed E-state index contributed by atoms with van der Waals surface area (Å²) >= 11 is 0. The number of carbonyl (C=O) groups excluding carboxylic acids is 1. The van der Waals surface area contributed by atoms with E-state index in [1.165, 1.54) is 19.2 Å². The van der Waals surface area contributed by atoms with Crippen LogP contribution in [0.4, 0.5) is 13.2 Å². The Hall–Kier alpha value is -1.64. The molecule has 0 unspecified atom stereocenters. The summed E-state index contributed by atoms with van der Waals surface area (Å²) in [5.41, 5.74) is 0.0398. The highest BCUT2D eigenvalue weighted by Gasteiger charge is 2.31. The van der Waals surface area contributed by atoms with Gasteiger partial charge < -0.3 is 14.8 Å². The third kappa shape index (κ3) is 5.19. The van der Waals surface area contributed by atoms with Gasteiger partial charge in [-0.25, -0.2) is 0 Å². The van der Waals surface area contributed by atoms with Crippen LogP contribution < -0.4 is 5.32 Å². The lowest BCUT2D eigenvalue weighted by Crippen LogP contribution is -2.44. The van der Waals surface area contributed by atoms with E-state index in [0.29, 0.717) is 32.8 Å². The first-order chi connectivity index (χ1) is 11.4. The van der Waals surface area contributed by atoms with Gasteiger partial charge >= 0.3 is 6.18 Å². The number of nitrogens with one attached hydrogen (secondary N) is 1. The van der Waals surface area contributed by atoms with Crippen LogP contribution in [0.1, 0.15) is 17.2 Å². The Morgan fingerprint density at radius 2 is 1.92 bits per heavy atom. The maximum atomic E-state index is 12.7. The van der Waals surface area contributed by atoms with Crippen molar-refractivity contribution in [3.63, 3.8) is 0 Å². The molecule has 1 aliphatic rings. The maximum absolute atomic E-state index is 12.7. The summed E-state index contributed by atoms with van der Waals surface area (Å²) in [6.07, 6.45) is -4.36. The second kappa shape index (κ2) is 8.46. The molecule has 0 aliphatic carbocycles. The summed E-state index contributed by atoms with van der Waals surface area (Å²) < 4.78 is 48.2. The Balaban J connectivity index is 2.13. The molecule has 0 spiro atoms. The van der Waals surface area contributed by atoms with Crippen LogP contribution in [0.25, 0.3) is 0 Å². The average molecular weight is 346 g/mol. The molecule has 1 fully saturated rings. The lowest BCUT2D eigenvalue weighted by atomic mass is 10.0. The van der Waals surface area contributed by atoms with Crippen LogP contribution in [0.2, 0.25) is 0 Å². The highest BCUT2D eigenvalue weighted by atomic mass is 19.4. The maximum Gasteiger partial charge on any atom is 0.416 e. The minimum absolute atomic E-state index is 0.0527. The summed E-state index contributed by atoms with van der Waals surface area (Å²) in [5, 5.41) is 2.76. The zero-order chi connectivity index (χ0) is 17.6. The number of carbonyl (C=O) groups is 1. The van der Waals surface area contributed by atoms with Crippen LogP contribution in [-0.2, 0) is 20.4 Å². The number of hydrogen-bond acceptors (Lipinski definition) is 4. The standard InChI is InChI=1S/C16H21F3N2O3/c1-23-11-15(22)20-10-14(21-6-8-24-9-7-21)12-2-4-13(5-3-12)16(17,18)19/h2-5,14H,6-11H2,1H3,(H,20,22)/t14-/m0/s1. The summed E-state index contributed by atoms with van der Waals surface area (Å²) in [6, 6.07) is 4.85. The van der Waals surface area contributed by atoms with E-state index in [2.05, 4.69) is 10.2 Å². The Kier molecular flexibility index (Phi) is 6.59. The van der Waals surface area contributed by atoms with E-state index in [4.69, 9.17) is 9.47 Å². The zero-order valence-corrected chi connectivity index (χ0v) is 13.4. The second-order valence-corrected chi connectivity index (χ2v) is 5.52. The Bertz CT molecular complexity index is 528. The van der Waals surface area contributed by atoms with Gasteiger partial charge in [0.1, 0.15) is 6.61 Å². The Morgan fingerprint density at radius 1 is 1.29 bits per heavy atom. The van der Waals surface area contributed by atoms with Crippen LogP contribution in [0.5, 0.6) is 0 Å². The van der Waals surface area contributed by atoms with Crippen molar-refractivity contribution in [2.45, 2.75) is 12.2 Å². The van der Waals surface area contributed by atoms with E-state index in [-0.39, 0.29) is 18.6 Å². The zero-order valence-electron chi connectivity index (χ0n) is 13.4. The molecule has 0 bridgehead atoms. The van der Waals surface area contributed by atoms with Gasteiger partial charge in [-0.05, 0) is 17.7 Å². The molecule has 1 N–H and O–H groups in total. The van der Waals surface area contributed by atoms with E-state index in [0.717, 1.165) is 17.7 Å². The number of methoxy groups -OCH3 is 1. The second-order valence-electron chi connectivity index (χ2n) is 5.52. The smallest absolute Gasteiger partial charge is 0.379 e.